The summed E-state index contributed by atoms with van der Waals surface area (Å²) >= 11 is 0. The number of urea groups is 1. The fraction of sp³-hybridized carbons (Fsp3) is 0.667. The Labute approximate surface area is 184 Å². The van der Waals surface area contributed by atoms with Crippen molar-refractivity contribution < 1.29 is 19.1 Å². The fourth-order valence-corrected chi connectivity index (χ4v) is 5.61. The molecule has 0 aromatic heterocycles. The number of morpholine rings is 1. The molecule has 5 rings (SSSR count). The third-order valence-electron chi connectivity index (χ3n) is 7.47. The number of fused-ring (bicyclic) bond motifs is 2. The SMILES string of the molecule is CCCN1Cc2ccccc2CC1C(=O)OCC1C2CN(C(=O)N3CCOCC3)CC12. The molecule has 1 aliphatic carbocycles. The van der Waals surface area contributed by atoms with Gasteiger partial charge in [-0.1, -0.05) is 31.2 Å². The van der Waals surface area contributed by atoms with Gasteiger partial charge in [0.2, 0.25) is 0 Å². The van der Waals surface area contributed by atoms with E-state index in [-0.39, 0.29) is 18.0 Å². The molecule has 31 heavy (non-hydrogen) atoms. The minimum absolute atomic E-state index is 0.0887. The summed E-state index contributed by atoms with van der Waals surface area (Å²) in [7, 11) is 0. The zero-order chi connectivity index (χ0) is 21.4. The van der Waals surface area contributed by atoms with E-state index >= 15 is 0 Å². The monoisotopic (exact) mass is 427 g/mol. The minimum atomic E-state index is -0.187. The van der Waals surface area contributed by atoms with Crippen molar-refractivity contribution in [3.05, 3.63) is 35.4 Å². The van der Waals surface area contributed by atoms with Crippen LogP contribution in [0.2, 0.25) is 0 Å². The number of ether oxygens (including phenoxy) is 2. The minimum Gasteiger partial charge on any atom is -0.464 e. The van der Waals surface area contributed by atoms with Crippen LogP contribution in [0, 0.1) is 17.8 Å². The first-order valence-electron chi connectivity index (χ1n) is 11.7. The van der Waals surface area contributed by atoms with Gasteiger partial charge in [0.25, 0.3) is 0 Å². The van der Waals surface area contributed by atoms with E-state index in [2.05, 4.69) is 30.0 Å². The summed E-state index contributed by atoms with van der Waals surface area (Å²) in [4.78, 5) is 31.8. The van der Waals surface area contributed by atoms with Crippen LogP contribution in [0.4, 0.5) is 4.79 Å². The maximum absolute atomic E-state index is 13.0. The molecule has 0 N–H and O–H groups in total. The Bertz CT molecular complexity index is 813. The number of carbonyl (C=O) groups excluding carboxylic acids is 2. The van der Waals surface area contributed by atoms with Gasteiger partial charge in [-0.15, -0.1) is 0 Å². The van der Waals surface area contributed by atoms with Crippen LogP contribution in [0.1, 0.15) is 24.5 Å². The van der Waals surface area contributed by atoms with Gasteiger partial charge in [0.1, 0.15) is 6.04 Å². The van der Waals surface area contributed by atoms with Gasteiger partial charge in [0.05, 0.1) is 19.8 Å². The van der Waals surface area contributed by atoms with Crippen molar-refractivity contribution >= 4 is 12.0 Å². The van der Waals surface area contributed by atoms with Crippen LogP contribution in [0.15, 0.2) is 24.3 Å². The largest absolute Gasteiger partial charge is 0.464 e. The lowest BCUT2D eigenvalue weighted by molar-refractivity contribution is -0.151. The molecule has 3 fully saturated rings. The van der Waals surface area contributed by atoms with Gasteiger partial charge in [-0.25, -0.2) is 4.79 Å². The van der Waals surface area contributed by atoms with Gasteiger partial charge in [-0.05, 0) is 42.3 Å². The van der Waals surface area contributed by atoms with Crippen LogP contribution in [-0.4, -0.2) is 85.3 Å². The van der Waals surface area contributed by atoms with Crippen molar-refractivity contribution in [2.45, 2.75) is 32.4 Å². The number of hydrogen-bond donors (Lipinski definition) is 0. The second-order valence-electron chi connectivity index (χ2n) is 9.37. The molecule has 1 aromatic carbocycles. The van der Waals surface area contributed by atoms with Crippen molar-refractivity contribution in [2.24, 2.45) is 17.8 Å². The van der Waals surface area contributed by atoms with Crippen molar-refractivity contribution in [1.29, 1.82) is 0 Å². The average Bonchev–Trinajstić information content (AvgIpc) is 3.25. The van der Waals surface area contributed by atoms with E-state index in [0.717, 1.165) is 39.0 Å². The molecule has 7 nitrogen and oxygen atoms in total. The Morgan fingerprint density at radius 3 is 2.48 bits per heavy atom. The quantitative estimate of drug-likeness (QED) is 0.673. The maximum Gasteiger partial charge on any atom is 0.323 e. The van der Waals surface area contributed by atoms with Gasteiger partial charge in [0.15, 0.2) is 0 Å². The summed E-state index contributed by atoms with van der Waals surface area (Å²) in [6, 6.07) is 8.36. The fourth-order valence-electron chi connectivity index (χ4n) is 5.61. The van der Waals surface area contributed by atoms with Crippen molar-refractivity contribution in [2.75, 3.05) is 52.5 Å². The molecule has 1 aromatic rings. The van der Waals surface area contributed by atoms with E-state index in [9.17, 15) is 9.59 Å². The smallest absolute Gasteiger partial charge is 0.323 e. The number of esters is 1. The zero-order valence-corrected chi connectivity index (χ0v) is 18.4. The molecule has 7 heteroatoms. The lowest BCUT2D eigenvalue weighted by Crippen LogP contribution is -2.48. The highest BCUT2D eigenvalue weighted by Crippen LogP contribution is 2.52. The Kier molecular flexibility index (Phi) is 5.89. The number of carbonyl (C=O) groups is 2. The molecular formula is C24H33N3O4. The predicted octanol–water partition coefficient (Wildman–Crippen LogP) is 2.00. The van der Waals surface area contributed by atoms with Crippen LogP contribution in [0.5, 0.6) is 0 Å². The molecule has 3 aliphatic heterocycles. The molecule has 2 saturated heterocycles. The van der Waals surface area contributed by atoms with Crippen LogP contribution < -0.4 is 0 Å². The number of benzene rings is 1. The molecule has 3 heterocycles. The summed E-state index contributed by atoms with van der Waals surface area (Å²) in [5, 5.41) is 0. The second-order valence-corrected chi connectivity index (χ2v) is 9.37. The molecule has 0 spiro atoms. The van der Waals surface area contributed by atoms with Crippen LogP contribution >= 0.6 is 0 Å². The van der Waals surface area contributed by atoms with Gasteiger partial charge in [-0.3, -0.25) is 9.69 Å². The Balaban J connectivity index is 1.11. The summed E-state index contributed by atoms with van der Waals surface area (Å²) < 4.78 is 11.2. The molecule has 1 saturated carbocycles. The summed E-state index contributed by atoms with van der Waals surface area (Å²) in [5.74, 6) is 1.29. The maximum atomic E-state index is 13.0. The van der Waals surface area contributed by atoms with Crippen LogP contribution in [0.3, 0.4) is 0 Å². The van der Waals surface area contributed by atoms with Gasteiger partial charge >= 0.3 is 12.0 Å². The number of likely N-dealkylation sites (tertiary alicyclic amines) is 1. The lowest BCUT2D eigenvalue weighted by Gasteiger charge is -2.35. The zero-order valence-electron chi connectivity index (χ0n) is 18.4. The second kappa shape index (κ2) is 8.79. The number of piperidine rings is 1. The first-order chi connectivity index (χ1) is 15.2. The number of hydrogen-bond acceptors (Lipinski definition) is 5. The number of rotatable bonds is 5. The normalized spacial score (nSPS) is 30.0. The third-order valence-corrected chi connectivity index (χ3v) is 7.47. The molecule has 168 valence electrons. The summed E-state index contributed by atoms with van der Waals surface area (Å²) in [6.45, 7) is 8.58. The average molecular weight is 428 g/mol. The molecule has 0 bridgehead atoms. The van der Waals surface area contributed by atoms with Crippen molar-refractivity contribution in [3.8, 4) is 0 Å². The summed E-state index contributed by atoms with van der Waals surface area (Å²) in [5.41, 5.74) is 2.58. The molecule has 4 aliphatic rings. The van der Waals surface area contributed by atoms with Crippen LogP contribution in [0.25, 0.3) is 0 Å². The third kappa shape index (κ3) is 4.17. The van der Waals surface area contributed by atoms with Gasteiger partial charge in [-0.2, -0.15) is 0 Å². The summed E-state index contributed by atoms with van der Waals surface area (Å²) in [6.07, 6.45) is 1.75. The van der Waals surface area contributed by atoms with Crippen molar-refractivity contribution in [3.63, 3.8) is 0 Å². The van der Waals surface area contributed by atoms with E-state index in [1.165, 1.54) is 11.1 Å². The highest BCUT2D eigenvalue weighted by atomic mass is 16.5. The Hall–Kier alpha value is -2.12. The first kappa shape index (κ1) is 20.8. The molecular weight excluding hydrogens is 394 g/mol. The highest BCUT2D eigenvalue weighted by Gasteiger charge is 2.57. The van der Waals surface area contributed by atoms with E-state index in [0.29, 0.717) is 50.7 Å². The van der Waals surface area contributed by atoms with Gasteiger partial charge in [0, 0.05) is 38.6 Å². The molecule has 3 unspecified atom stereocenters. The first-order valence-corrected chi connectivity index (χ1v) is 11.7. The van der Waals surface area contributed by atoms with E-state index in [4.69, 9.17) is 9.47 Å². The Morgan fingerprint density at radius 2 is 1.77 bits per heavy atom. The predicted molar refractivity (Wildman–Crippen MR) is 115 cm³/mol. The molecule has 0 radical (unpaired) electrons. The number of nitrogens with zero attached hydrogens (tertiary/aromatic N) is 3. The van der Waals surface area contributed by atoms with Crippen LogP contribution in [-0.2, 0) is 27.2 Å². The van der Waals surface area contributed by atoms with E-state index in [1.807, 2.05) is 15.9 Å². The van der Waals surface area contributed by atoms with Crippen molar-refractivity contribution in [1.82, 2.24) is 14.7 Å². The molecule has 2 amide bonds. The van der Waals surface area contributed by atoms with E-state index in [1.54, 1.807) is 0 Å². The lowest BCUT2D eigenvalue weighted by atomic mass is 9.94. The number of amides is 2. The standard InChI is InChI=1S/C24H33N3O4/c1-2-7-26-13-18-6-4-3-5-17(18)12-22(26)23(28)31-16-21-19-14-27(15-20(19)21)24(29)25-8-10-30-11-9-25/h3-6,19-22H,2,7-16H2,1H3. The molecule has 3 atom stereocenters. The topological polar surface area (TPSA) is 62.3 Å². The van der Waals surface area contributed by atoms with Gasteiger partial charge < -0.3 is 19.3 Å². The van der Waals surface area contributed by atoms with E-state index < -0.39 is 0 Å². The highest BCUT2D eigenvalue weighted by molar-refractivity contribution is 5.77. The Morgan fingerprint density at radius 1 is 1.06 bits per heavy atom.